The molecule has 0 saturated heterocycles. The molecular weight excluding hydrogens is 469 g/mol. The van der Waals surface area contributed by atoms with Crippen molar-refractivity contribution in [3.63, 3.8) is 0 Å². The van der Waals surface area contributed by atoms with Crippen LogP contribution in [0.5, 0.6) is 11.5 Å². The number of amides is 1. The fraction of sp³-hybridized carbons (Fsp3) is 0.300. The van der Waals surface area contributed by atoms with Gasteiger partial charge in [0, 0.05) is 23.1 Å². The maximum absolute atomic E-state index is 13.8. The number of carbonyl (C=O) groups excluding carboxylic acids is 1. The molecule has 0 saturated carbocycles. The van der Waals surface area contributed by atoms with Crippen LogP contribution in [0.1, 0.15) is 33.9 Å². The first-order valence-corrected chi connectivity index (χ1v) is 10.7. The largest absolute Gasteiger partial charge is 0.493 e. The Hall–Kier alpha value is -2.92. The van der Waals surface area contributed by atoms with E-state index in [9.17, 15) is 18.0 Å². The SMILES string of the molecule is COc1ccc(NC(=O)c2nn3c(c2Cl)N[C@@H](c2cccs2)C[C@H]3C(F)(F)F)cc1OC. The van der Waals surface area contributed by atoms with Gasteiger partial charge in [0.05, 0.1) is 20.3 Å². The number of nitrogens with one attached hydrogen (secondary N) is 2. The lowest BCUT2D eigenvalue weighted by Gasteiger charge is -2.32. The molecule has 1 aromatic carbocycles. The summed E-state index contributed by atoms with van der Waals surface area (Å²) in [5, 5.41) is 11.1. The minimum absolute atomic E-state index is 0.0453. The Bertz CT molecular complexity index is 1130. The Labute approximate surface area is 190 Å². The molecule has 0 spiro atoms. The highest BCUT2D eigenvalue weighted by Crippen LogP contribution is 2.47. The average Bonchev–Trinajstić information content (AvgIpc) is 3.41. The number of alkyl halides is 3. The lowest BCUT2D eigenvalue weighted by molar-refractivity contribution is -0.173. The van der Waals surface area contributed by atoms with Crippen LogP contribution in [0.3, 0.4) is 0 Å². The standard InChI is InChI=1S/C20H18ClF3N4O3S/c1-30-12-6-5-10(8-13(12)31-2)25-19(29)17-16(21)18-26-11(14-4-3-7-32-14)9-15(20(22,23)24)28(18)27-17/h3-8,11,15,26H,9H2,1-2H3,(H,25,29)/t11-,15+/m1/s1. The molecule has 1 aliphatic heterocycles. The van der Waals surface area contributed by atoms with Gasteiger partial charge in [-0.1, -0.05) is 17.7 Å². The van der Waals surface area contributed by atoms with Gasteiger partial charge in [-0.05, 0) is 23.6 Å². The molecule has 2 N–H and O–H groups in total. The van der Waals surface area contributed by atoms with E-state index in [1.165, 1.54) is 31.6 Å². The van der Waals surface area contributed by atoms with Crippen LogP contribution in [0.15, 0.2) is 35.7 Å². The molecular formula is C20H18ClF3N4O3S. The number of halogens is 4. The third kappa shape index (κ3) is 4.09. The maximum Gasteiger partial charge on any atom is 0.410 e. The molecule has 2 atom stereocenters. The zero-order valence-corrected chi connectivity index (χ0v) is 18.4. The molecule has 12 heteroatoms. The van der Waals surface area contributed by atoms with E-state index in [1.54, 1.807) is 29.6 Å². The van der Waals surface area contributed by atoms with Crippen molar-refractivity contribution in [1.29, 1.82) is 0 Å². The number of carbonyl (C=O) groups is 1. The number of aromatic nitrogens is 2. The summed E-state index contributed by atoms with van der Waals surface area (Å²) in [6.07, 6.45) is -4.84. The molecule has 7 nitrogen and oxygen atoms in total. The molecule has 0 unspecified atom stereocenters. The number of thiophene rings is 1. The minimum atomic E-state index is -4.57. The smallest absolute Gasteiger partial charge is 0.410 e. The predicted molar refractivity (Wildman–Crippen MR) is 115 cm³/mol. The molecule has 0 aliphatic carbocycles. The van der Waals surface area contributed by atoms with Crippen LogP contribution in [0.4, 0.5) is 24.7 Å². The molecule has 4 rings (SSSR count). The molecule has 0 bridgehead atoms. The molecule has 3 heterocycles. The number of hydrogen-bond donors (Lipinski definition) is 2. The second kappa shape index (κ2) is 8.55. The van der Waals surface area contributed by atoms with Gasteiger partial charge in [-0.2, -0.15) is 18.3 Å². The van der Waals surface area contributed by atoms with Crippen molar-refractivity contribution in [2.45, 2.75) is 24.7 Å². The monoisotopic (exact) mass is 486 g/mol. The molecule has 3 aromatic rings. The highest BCUT2D eigenvalue weighted by Gasteiger charge is 2.48. The van der Waals surface area contributed by atoms with Gasteiger partial charge in [-0.15, -0.1) is 11.3 Å². The number of anilines is 2. The van der Waals surface area contributed by atoms with Crippen LogP contribution in [-0.2, 0) is 0 Å². The van der Waals surface area contributed by atoms with Crippen LogP contribution in [0, 0.1) is 0 Å². The second-order valence-electron chi connectivity index (χ2n) is 6.99. The van der Waals surface area contributed by atoms with Crippen LogP contribution in [-0.4, -0.2) is 36.1 Å². The van der Waals surface area contributed by atoms with Crippen molar-refractivity contribution in [3.8, 4) is 11.5 Å². The zero-order valence-electron chi connectivity index (χ0n) is 16.9. The van der Waals surface area contributed by atoms with E-state index in [-0.39, 0.29) is 23.0 Å². The second-order valence-corrected chi connectivity index (χ2v) is 8.34. The number of benzene rings is 1. The van der Waals surface area contributed by atoms with E-state index in [0.717, 1.165) is 9.56 Å². The number of ether oxygens (including phenoxy) is 2. The molecule has 1 aliphatic rings. The van der Waals surface area contributed by atoms with Gasteiger partial charge >= 0.3 is 6.18 Å². The first-order valence-electron chi connectivity index (χ1n) is 9.41. The van der Waals surface area contributed by atoms with Crippen LogP contribution in [0.25, 0.3) is 0 Å². The van der Waals surface area contributed by atoms with Gasteiger partial charge in [0.2, 0.25) is 0 Å². The molecule has 2 aromatic heterocycles. The third-order valence-electron chi connectivity index (χ3n) is 5.04. The Morgan fingerprint density at radius 1 is 1.28 bits per heavy atom. The van der Waals surface area contributed by atoms with Gasteiger partial charge in [0.25, 0.3) is 5.91 Å². The van der Waals surface area contributed by atoms with Crippen LogP contribution in [0.2, 0.25) is 5.02 Å². The minimum Gasteiger partial charge on any atom is -0.493 e. The number of fused-ring (bicyclic) bond motifs is 1. The van der Waals surface area contributed by atoms with Crippen molar-refractivity contribution in [2.75, 3.05) is 24.9 Å². The van der Waals surface area contributed by atoms with E-state index in [0.29, 0.717) is 17.2 Å². The molecule has 0 fully saturated rings. The molecule has 32 heavy (non-hydrogen) atoms. The zero-order chi connectivity index (χ0) is 23.0. The number of hydrogen-bond acceptors (Lipinski definition) is 6. The van der Waals surface area contributed by atoms with Crippen molar-refractivity contribution < 1.29 is 27.4 Å². The third-order valence-corrected chi connectivity index (χ3v) is 6.38. The fourth-order valence-electron chi connectivity index (χ4n) is 3.51. The summed E-state index contributed by atoms with van der Waals surface area (Å²) in [6, 6.07) is 5.65. The lowest BCUT2D eigenvalue weighted by atomic mass is 10.0. The maximum atomic E-state index is 13.8. The summed E-state index contributed by atoms with van der Waals surface area (Å²) in [5.41, 5.74) is 0.0245. The Morgan fingerprint density at radius 3 is 2.66 bits per heavy atom. The Kier molecular flexibility index (Phi) is 5.95. The van der Waals surface area contributed by atoms with Gasteiger partial charge < -0.3 is 20.1 Å². The number of nitrogens with zero attached hydrogens (tertiary/aromatic N) is 2. The van der Waals surface area contributed by atoms with Crippen LogP contribution >= 0.6 is 22.9 Å². The lowest BCUT2D eigenvalue weighted by Crippen LogP contribution is -2.35. The molecule has 0 radical (unpaired) electrons. The van der Waals surface area contributed by atoms with Crippen molar-refractivity contribution >= 4 is 40.4 Å². The van der Waals surface area contributed by atoms with Crippen LogP contribution < -0.4 is 20.1 Å². The Balaban J connectivity index is 1.67. The Morgan fingerprint density at radius 2 is 2.03 bits per heavy atom. The first kappa shape index (κ1) is 22.3. The van der Waals surface area contributed by atoms with Gasteiger partial charge in [0.15, 0.2) is 23.2 Å². The summed E-state index contributed by atoms with van der Waals surface area (Å²) in [5.74, 6) is 0.0339. The summed E-state index contributed by atoms with van der Waals surface area (Å²) in [6.45, 7) is 0. The summed E-state index contributed by atoms with van der Waals surface area (Å²) < 4.78 is 52.6. The summed E-state index contributed by atoms with van der Waals surface area (Å²) in [4.78, 5) is 13.6. The van der Waals surface area contributed by atoms with Crippen molar-refractivity contribution in [3.05, 3.63) is 51.3 Å². The predicted octanol–water partition coefficient (Wildman–Crippen LogP) is 5.53. The van der Waals surface area contributed by atoms with Crippen molar-refractivity contribution in [1.82, 2.24) is 9.78 Å². The topological polar surface area (TPSA) is 77.4 Å². The fourth-order valence-corrected chi connectivity index (χ4v) is 4.57. The molecule has 170 valence electrons. The first-order chi connectivity index (χ1) is 15.2. The average molecular weight is 487 g/mol. The molecule has 1 amide bonds. The normalized spacial score (nSPS) is 17.9. The highest BCUT2D eigenvalue weighted by molar-refractivity contribution is 7.10. The summed E-state index contributed by atoms with van der Waals surface area (Å²) >= 11 is 7.68. The van der Waals surface area contributed by atoms with Crippen molar-refractivity contribution in [2.24, 2.45) is 0 Å². The van der Waals surface area contributed by atoms with Gasteiger partial charge in [-0.25, -0.2) is 4.68 Å². The number of methoxy groups -OCH3 is 2. The quantitative estimate of drug-likeness (QED) is 0.496. The number of rotatable bonds is 5. The van der Waals surface area contributed by atoms with E-state index in [4.69, 9.17) is 21.1 Å². The van der Waals surface area contributed by atoms with Gasteiger partial charge in [0.1, 0.15) is 10.8 Å². The van der Waals surface area contributed by atoms with E-state index in [1.807, 2.05) is 0 Å². The van der Waals surface area contributed by atoms with E-state index < -0.39 is 24.2 Å². The highest BCUT2D eigenvalue weighted by atomic mass is 35.5. The summed E-state index contributed by atoms with van der Waals surface area (Å²) in [7, 11) is 2.91. The van der Waals surface area contributed by atoms with Gasteiger partial charge in [-0.3, -0.25) is 4.79 Å². The van der Waals surface area contributed by atoms with E-state index >= 15 is 0 Å². The van der Waals surface area contributed by atoms with E-state index in [2.05, 4.69) is 15.7 Å².